The zero-order chi connectivity index (χ0) is 12.8. The van der Waals surface area contributed by atoms with Crippen LogP contribution in [0, 0.1) is 0 Å². The van der Waals surface area contributed by atoms with E-state index in [0.29, 0.717) is 10.0 Å². The lowest BCUT2D eigenvalue weighted by molar-refractivity contribution is 0.0630. The van der Waals surface area contributed by atoms with E-state index < -0.39 is 0 Å². The van der Waals surface area contributed by atoms with E-state index in [2.05, 4.69) is 12.2 Å². The van der Waals surface area contributed by atoms with Crippen LogP contribution in [-0.4, -0.2) is 20.3 Å². The van der Waals surface area contributed by atoms with Crippen molar-refractivity contribution in [1.82, 2.24) is 5.32 Å². The average molecular weight is 276 g/mol. The fraction of sp³-hybridized carbons (Fsp3) is 0.538. The molecular weight excluding hydrogens is 257 g/mol. The number of ether oxygens (including phenoxy) is 1. The summed E-state index contributed by atoms with van der Waals surface area (Å²) in [5, 5.41) is 4.43. The predicted octanol–water partition coefficient (Wildman–Crippen LogP) is 4.07. The Morgan fingerprint density at radius 2 is 2.00 bits per heavy atom. The molecule has 17 heavy (non-hydrogen) atoms. The maximum Gasteiger partial charge on any atom is 0.0765 e. The molecule has 0 aliphatic rings. The van der Waals surface area contributed by atoms with Crippen molar-refractivity contribution in [1.29, 1.82) is 0 Å². The Labute approximate surface area is 113 Å². The Balaban J connectivity index is 2.95. The molecule has 1 N–H and O–H groups in total. The molecule has 1 rings (SSSR count). The highest BCUT2D eigenvalue weighted by Gasteiger charge is 2.21. The summed E-state index contributed by atoms with van der Waals surface area (Å²) < 4.78 is 5.53. The molecule has 0 amide bonds. The number of likely N-dealkylation sites (N-methyl/N-ethyl adjacent to an activating group) is 1. The lowest BCUT2D eigenvalue weighted by Crippen LogP contribution is -2.30. The van der Waals surface area contributed by atoms with E-state index in [-0.39, 0.29) is 12.1 Å². The molecule has 0 heterocycles. The third-order valence-corrected chi connectivity index (χ3v) is 3.60. The molecule has 1 aromatic carbocycles. The van der Waals surface area contributed by atoms with E-state index >= 15 is 0 Å². The largest absolute Gasteiger partial charge is 0.379 e. The molecule has 0 spiro atoms. The van der Waals surface area contributed by atoms with Crippen LogP contribution in [0.15, 0.2) is 18.2 Å². The van der Waals surface area contributed by atoms with Crippen LogP contribution in [-0.2, 0) is 4.74 Å². The molecule has 0 aliphatic carbocycles. The van der Waals surface area contributed by atoms with Gasteiger partial charge in [-0.25, -0.2) is 0 Å². The first-order valence-electron chi connectivity index (χ1n) is 5.79. The van der Waals surface area contributed by atoms with Gasteiger partial charge in [0.15, 0.2) is 0 Å². The van der Waals surface area contributed by atoms with Crippen molar-refractivity contribution in [2.45, 2.75) is 31.9 Å². The lowest BCUT2D eigenvalue weighted by Gasteiger charge is -2.26. The summed E-state index contributed by atoms with van der Waals surface area (Å²) in [6.07, 6.45) is 2.22. The quantitative estimate of drug-likeness (QED) is 0.845. The molecule has 2 nitrogen and oxygen atoms in total. The van der Waals surface area contributed by atoms with Crippen LogP contribution in [0.4, 0.5) is 0 Å². The van der Waals surface area contributed by atoms with E-state index in [1.807, 2.05) is 25.2 Å². The summed E-state index contributed by atoms with van der Waals surface area (Å²) in [6, 6.07) is 5.83. The molecular formula is C13H19Cl2NO. The number of benzene rings is 1. The topological polar surface area (TPSA) is 21.3 Å². The molecule has 0 saturated heterocycles. The van der Waals surface area contributed by atoms with Gasteiger partial charge in [0, 0.05) is 7.11 Å². The second-order valence-corrected chi connectivity index (χ2v) is 4.82. The molecule has 0 aromatic heterocycles. The first-order chi connectivity index (χ1) is 8.13. The van der Waals surface area contributed by atoms with Crippen molar-refractivity contribution >= 4 is 23.2 Å². The van der Waals surface area contributed by atoms with Crippen molar-refractivity contribution in [3.05, 3.63) is 33.8 Å². The van der Waals surface area contributed by atoms with Crippen LogP contribution >= 0.6 is 23.2 Å². The minimum Gasteiger partial charge on any atom is -0.379 e. The minimum atomic E-state index is 0.134. The maximum absolute atomic E-state index is 6.04. The molecule has 2 unspecified atom stereocenters. The van der Waals surface area contributed by atoms with Crippen LogP contribution in [0.25, 0.3) is 0 Å². The SMILES string of the molecule is CCCC(OC)C(NC)c1ccc(Cl)c(Cl)c1. The fourth-order valence-corrected chi connectivity index (χ4v) is 2.28. The Kier molecular flexibility index (Phi) is 6.28. The molecule has 0 fully saturated rings. The number of methoxy groups -OCH3 is 1. The first kappa shape index (κ1) is 14.8. The summed E-state index contributed by atoms with van der Waals surface area (Å²) in [5.74, 6) is 0. The second-order valence-electron chi connectivity index (χ2n) is 4.00. The van der Waals surface area contributed by atoms with Gasteiger partial charge in [-0.3, -0.25) is 0 Å². The van der Waals surface area contributed by atoms with Gasteiger partial charge in [0.2, 0.25) is 0 Å². The number of nitrogens with one attached hydrogen (secondary N) is 1. The third kappa shape index (κ3) is 3.85. The van der Waals surface area contributed by atoms with Crippen LogP contribution in [0.1, 0.15) is 31.4 Å². The van der Waals surface area contributed by atoms with Gasteiger partial charge in [0.25, 0.3) is 0 Å². The van der Waals surface area contributed by atoms with E-state index in [1.54, 1.807) is 7.11 Å². The molecule has 0 bridgehead atoms. The van der Waals surface area contributed by atoms with Gasteiger partial charge in [-0.2, -0.15) is 0 Å². The van der Waals surface area contributed by atoms with Gasteiger partial charge >= 0.3 is 0 Å². The van der Waals surface area contributed by atoms with Crippen LogP contribution in [0.2, 0.25) is 10.0 Å². The highest BCUT2D eigenvalue weighted by Crippen LogP contribution is 2.28. The van der Waals surface area contributed by atoms with E-state index in [1.165, 1.54) is 0 Å². The summed E-state index contributed by atoms with van der Waals surface area (Å²) >= 11 is 12.0. The number of halogens is 2. The van der Waals surface area contributed by atoms with E-state index in [4.69, 9.17) is 27.9 Å². The zero-order valence-corrected chi connectivity index (χ0v) is 12.0. The first-order valence-corrected chi connectivity index (χ1v) is 6.54. The van der Waals surface area contributed by atoms with E-state index in [9.17, 15) is 0 Å². The van der Waals surface area contributed by atoms with Gasteiger partial charge < -0.3 is 10.1 Å². The summed E-state index contributed by atoms with van der Waals surface area (Å²) in [4.78, 5) is 0. The average Bonchev–Trinajstić information content (AvgIpc) is 2.33. The van der Waals surface area contributed by atoms with Crippen molar-refractivity contribution < 1.29 is 4.74 Å². The summed E-state index contributed by atoms with van der Waals surface area (Å²) in [5.41, 5.74) is 1.10. The van der Waals surface area contributed by atoms with Crippen LogP contribution in [0.3, 0.4) is 0 Å². The van der Waals surface area contributed by atoms with Crippen LogP contribution < -0.4 is 5.32 Å². The molecule has 0 radical (unpaired) electrons. The smallest absolute Gasteiger partial charge is 0.0765 e. The van der Waals surface area contributed by atoms with Gasteiger partial charge in [0.05, 0.1) is 22.2 Å². The Morgan fingerprint density at radius 1 is 1.29 bits per heavy atom. The van der Waals surface area contributed by atoms with Crippen LogP contribution in [0.5, 0.6) is 0 Å². The molecule has 96 valence electrons. The number of rotatable bonds is 6. The minimum absolute atomic E-state index is 0.134. The summed E-state index contributed by atoms with van der Waals surface area (Å²) in [6.45, 7) is 2.15. The molecule has 0 saturated carbocycles. The molecule has 4 heteroatoms. The predicted molar refractivity (Wildman–Crippen MR) is 74.0 cm³/mol. The second kappa shape index (κ2) is 7.22. The Bertz CT molecular complexity index is 357. The Hall–Kier alpha value is -0.280. The van der Waals surface area contributed by atoms with Crippen molar-refractivity contribution in [2.24, 2.45) is 0 Å². The maximum atomic E-state index is 6.04. The molecule has 1 aromatic rings. The lowest BCUT2D eigenvalue weighted by atomic mass is 9.98. The number of hydrogen-bond acceptors (Lipinski definition) is 2. The van der Waals surface area contributed by atoms with E-state index in [0.717, 1.165) is 18.4 Å². The van der Waals surface area contributed by atoms with Crippen molar-refractivity contribution in [2.75, 3.05) is 14.2 Å². The third-order valence-electron chi connectivity index (χ3n) is 2.86. The molecule has 2 atom stereocenters. The highest BCUT2D eigenvalue weighted by atomic mass is 35.5. The number of hydrogen-bond donors (Lipinski definition) is 1. The summed E-state index contributed by atoms with van der Waals surface area (Å²) in [7, 11) is 3.66. The monoisotopic (exact) mass is 275 g/mol. The fourth-order valence-electron chi connectivity index (χ4n) is 1.98. The van der Waals surface area contributed by atoms with Crippen molar-refractivity contribution in [3.8, 4) is 0 Å². The molecule has 0 aliphatic heterocycles. The van der Waals surface area contributed by atoms with Gasteiger partial charge in [-0.1, -0.05) is 42.6 Å². The zero-order valence-electron chi connectivity index (χ0n) is 10.5. The standard InChI is InChI=1S/C13H19Cl2NO/c1-4-5-12(17-3)13(16-2)9-6-7-10(14)11(15)8-9/h6-8,12-13,16H,4-5H2,1-3H3. The van der Waals surface area contributed by atoms with Gasteiger partial charge in [0.1, 0.15) is 0 Å². The van der Waals surface area contributed by atoms with Gasteiger partial charge in [-0.15, -0.1) is 0 Å². The Morgan fingerprint density at radius 3 is 2.47 bits per heavy atom. The normalized spacial score (nSPS) is 14.6. The van der Waals surface area contributed by atoms with Crippen molar-refractivity contribution in [3.63, 3.8) is 0 Å². The highest BCUT2D eigenvalue weighted by molar-refractivity contribution is 6.42. The van der Waals surface area contributed by atoms with Gasteiger partial charge in [-0.05, 0) is 31.2 Å².